The van der Waals surface area contributed by atoms with Crippen LogP contribution in [0.15, 0.2) is 82.9 Å². The molecule has 0 saturated heterocycles. The lowest BCUT2D eigenvalue weighted by atomic mass is 10.2. The summed E-state index contributed by atoms with van der Waals surface area (Å²) in [5, 5.41) is 5.21. The molecule has 0 aliphatic carbocycles. The lowest BCUT2D eigenvalue weighted by Crippen LogP contribution is -2.18. The highest BCUT2D eigenvalue weighted by molar-refractivity contribution is 7.20. The molecule has 0 radical (unpaired) electrons. The minimum absolute atomic E-state index is 0.589. The SMILES string of the molecule is CCCCCOc1ccc(C=NNC(=Nc2ccccc2)c2nc3ccccc3s2)cc1OC. The van der Waals surface area contributed by atoms with Crippen molar-refractivity contribution >= 4 is 39.3 Å². The first-order valence-electron chi connectivity index (χ1n) is 11.4. The molecule has 0 saturated carbocycles. The number of thiazole rings is 1. The third kappa shape index (κ3) is 6.20. The molecule has 4 rings (SSSR count). The number of amidine groups is 1. The van der Waals surface area contributed by atoms with E-state index >= 15 is 0 Å². The van der Waals surface area contributed by atoms with E-state index < -0.39 is 0 Å². The van der Waals surface area contributed by atoms with E-state index in [1.165, 1.54) is 0 Å². The Morgan fingerprint density at radius 2 is 1.82 bits per heavy atom. The van der Waals surface area contributed by atoms with E-state index in [-0.39, 0.29) is 0 Å². The Morgan fingerprint density at radius 1 is 1.00 bits per heavy atom. The van der Waals surface area contributed by atoms with E-state index in [0.29, 0.717) is 18.2 Å². The normalized spacial score (nSPS) is 11.8. The smallest absolute Gasteiger partial charge is 0.183 e. The predicted octanol–water partition coefficient (Wildman–Crippen LogP) is 6.58. The lowest BCUT2D eigenvalue weighted by Gasteiger charge is -2.11. The Bertz CT molecular complexity index is 1240. The first-order chi connectivity index (χ1) is 16.8. The van der Waals surface area contributed by atoms with Crippen LogP contribution in [0.2, 0.25) is 0 Å². The number of aromatic nitrogens is 1. The van der Waals surface area contributed by atoms with Gasteiger partial charge in [0.25, 0.3) is 0 Å². The monoisotopic (exact) mass is 472 g/mol. The van der Waals surface area contributed by atoms with Crippen LogP contribution in [-0.2, 0) is 0 Å². The number of aliphatic imine (C=N–C) groups is 1. The van der Waals surface area contributed by atoms with Gasteiger partial charge >= 0.3 is 0 Å². The van der Waals surface area contributed by atoms with Crippen LogP contribution < -0.4 is 14.9 Å². The first-order valence-corrected chi connectivity index (χ1v) is 12.2. The average Bonchev–Trinajstić information content (AvgIpc) is 3.31. The maximum Gasteiger partial charge on any atom is 0.183 e. The van der Waals surface area contributed by atoms with Gasteiger partial charge < -0.3 is 9.47 Å². The van der Waals surface area contributed by atoms with Crippen molar-refractivity contribution in [3.8, 4) is 11.5 Å². The second-order valence-electron chi connectivity index (χ2n) is 7.62. The van der Waals surface area contributed by atoms with Crippen LogP contribution in [0.5, 0.6) is 11.5 Å². The van der Waals surface area contributed by atoms with Crippen molar-refractivity contribution in [2.45, 2.75) is 26.2 Å². The minimum atomic E-state index is 0.589. The van der Waals surface area contributed by atoms with Gasteiger partial charge in [-0.1, -0.05) is 50.1 Å². The molecule has 0 aliphatic rings. The number of benzene rings is 3. The van der Waals surface area contributed by atoms with Crippen molar-refractivity contribution in [1.29, 1.82) is 0 Å². The highest BCUT2D eigenvalue weighted by atomic mass is 32.1. The van der Waals surface area contributed by atoms with Gasteiger partial charge in [0.2, 0.25) is 0 Å². The van der Waals surface area contributed by atoms with Gasteiger partial charge in [0.05, 0.1) is 35.8 Å². The predicted molar refractivity (Wildman–Crippen MR) is 141 cm³/mol. The number of fused-ring (bicyclic) bond motifs is 1. The van der Waals surface area contributed by atoms with Crippen LogP contribution in [0.25, 0.3) is 10.2 Å². The van der Waals surface area contributed by atoms with Gasteiger partial charge in [-0.05, 0) is 54.4 Å². The molecule has 4 aromatic rings. The van der Waals surface area contributed by atoms with Crippen LogP contribution in [0.4, 0.5) is 5.69 Å². The van der Waals surface area contributed by atoms with Crippen LogP contribution in [0.3, 0.4) is 0 Å². The minimum Gasteiger partial charge on any atom is -0.493 e. The Labute approximate surface area is 204 Å². The summed E-state index contributed by atoms with van der Waals surface area (Å²) >= 11 is 1.58. The number of nitrogens with zero attached hydrogens (tertiary/aromatic N) is 3. The van der Waals surface area contributed by atoms with Gasteiger partial charge in [0, 0.05) is 0 Å². The third-order valence-electron chi connectivity index (χ3n) is 5.07. The Kier molecular flexibility index (Phi) is 8.24. The summed E-state index contributed by atoms with van der Waals surface area (Å²) in [4.78, 5) is 9.48. The van der Waals surface area contributed by atoms with E-state index in [1.807, 2.05) is 66.7 Å². The third-order valence-corrected chi connectivity index (χ3v) is 6.11. The second kappa shape index (κ2) is 12.0. The maximum absolute atomic E-state index is 5.87. The number of rotatable bonds is 10. The molecule has 0 bridgehead atoms. The molecule has 0 aliphatic heterocycles. The van der Waals surface area contributed by atoms with Crippen molar-refractivity contribution in [1.82, 2.24) is 10.4 Å². The Balaban J connectivity index is 1.53. The summed E-state index contributed by atoms with van der Waals surface area (Å²) in [6, 6.07) is 23.6. The topological polar surface area (TPSA) is 68.1 Å². The van der Waals surface area contributed by atoms with Crippen molar-refractivity contribution in [2.75, 3.05) is 13.7 Å². The van der Waals surface area contributed by atoms with Gasteiger partial charge in [-0.15, -0.1) is 11.3 Å². The van der Waals surface area contributed by atoms with E-state index in [0.717, 1.165) is 51.5 Å². The summed E-state index contributed by atoms with van der Waals surface area (Å²) in [6.45, 7) is 2.86. The van der Waals surface area contributed by atoms with Gasteiger partial charge in [-0.3, -0.25) is 5.43 Å². The summed E-state index contributed by atoms with van der Waals surface area (Å²) in [5.74, 6) is 2.01. The fourth-order valence-corrected chi connectivity index (χ4v) is 4.22. The fourth-order valence-electron chi connectivity index (χ4n) is 3.31. The van der Waals surface area contributed by atoms with Crippen molar-refractivity contribution in [2.24, 2.45) is 10.1 Å². The molecular formula is C27H28N4O2S. The number of methoxy groups -OCH3 is 1. The molecule has 6 nitrogen and oxygen atoms in total. The molecule has 0 atom stereocenters. The molecule has 3 aromatic carbocycles. The van der Waals surface area contributed by atoms with Crippen LogP contribution in [-0.4, -0.2) is 30.8 Å². The fraction of sp³-hybridized carbons (Fsp3) is 0.222. The average molecular weight is 473 g/mol. The van der Waals surface area contributed by atoms with Gasteiger partial charge in [-0.25, -0.2) is 9.98 Å². The number of para-hydroxylation sites is 2. The van der Waals surface area contributed by atoms with Crippen LogP contribution in [0, 0.1) is 0 Å². The molecule has 1 N–H and O–H groups in total. The molecule has 7 heteroatoms. The second-order valence-corrected chi connectivity index (χ2v) is 8.65. The molecule has 0 spiro atoms. The molecular weight excluding hydrogens is 444 g/mol. The summed E-state index contributed by atoms with van der Waals surface area (Å²) < 4.78 is 12.5. The van der Waals surface area contributed by atoms with Crippen molar-refractivity contribution < 1.29 is 9.47 Å². The number of ether oxygens (including phenoxy) is 2. The van der Waals surface area contributed by atoms with Crippen LogP contribution >= 0.6 is 11.3 Å². The number of hydrogen-bond donors (Lipinski definition) is 1. The van der Waals surface area contributed by atoms with Gasteiger partial charge in [-0.2, -0.15) is 5.10 Å². The molecule has 0 amide bonds. The molecule has 1 aromatic heterocycles. The highest BCUT2D eigenvalue weighted by Crippen LogP contribution is 2.28. The van der Waals surface area contributed by atoms with E-state index in [9.17, 15) is 0 Å². The Morgan fingerprint density at radius 3 is 2.62 bits per heavy atom. The number of unbranched alkanes of at least 4 members (excludes halogenated alkanes) is 2. The van der Waals surface area contributed by atoms with Gasteiger partial charge in [0.15, 0.2) is 22.3 Å². The van der Waals surface area contributed by atoms with E-state index in [4.69, 9.17) is 19.5 Å². The van der Waals surface area contributed by atoms with Crippen molar-refractivity contribution in [3.05, 3.63) is 83.4 Å². The summed E-state index contributed by atoms with van der Waals surface area (Å²) in [5.41, 5.74) is 5.74. The Hall–Kier alpha value is -3.71. The van der Waals surface area contributed by atoms with Crippen LogP contribution in [0.1, 0.15) is 36.8 Å². The highest BCUT2D eigenvalue weighted by Gasteiger charge is 2.11. The summed E-state index contributed by atoms with van der Waals surface area (Å²) in [7, 11) is 1.64. The van der Waals surface area contributed by atoms with Gasteiger partial charge in [0.1, 0.15) is 0 Å². The molecule has 34 heavy (non-hydrogen) atoms. The largest absolute Gasteiger partial charge is 0.493 e. The maximum atomic E-state index is 5.87. The molecule has 0 fully saturated rings. The number of hydrogen-bond acceptors (Lipinski definition) is 6. The zero-order chi connectivity index (χ0) is 23.6. The standard InChI is InChI=1S/C27H28N4O2S/c1-3-4-10-17-33-23-16-15-20(18-24(23)32-2)19-28-31-26(29-21-11-6-5-7-12-21)27-30-22-13-8-9-14-25(22)34-27/h5-9,11-16,18-19H,3-4,10,17H2,1-2H3,(H,29,31). The summed E-state index contributed by atoms with van der Waals surface area (Å²) in [6.07, 6.45) is 5.08. The van der Waals surface area contributed by atoms with E-state index in [1.54, 1.807) is 24.7 Å². The van der Waals surface area contributed by atoms with E-state index in [2.05, 4.69) is 23.5 Å². The molecule has 1 heterocycles. The molecule has 174 valence electrons. The first kappa shape index (κ1) is 23.4. The number of hydrazone groups is 1. The van der Waals surface area contributed by atoms with Crippen molar-refractivity contribution in [3.63, 3.8) is 0 Å². The quantitative estimate of drug-likeness (QED) is 0.123. The number of nitrogens with one attached hydrogen (secondary N) is 1. The lowest BCUT2D eigenvalue weighted by molar-refractivity contribution is 0.286. The zero-order valence-electron chi connectivity index (χ0n) is 19.4. The molecule has 0 unspecified atom stereocenters. The zero-order valence-corrected chi connectivity index (χ0v) is 20.2.